The van der Waals surface area contributed by atoms with E-state index in [1.165, 1.54) is 31.4 Å². The summed E-state index contributed by atoms with van der Waals surface area (Å²) in [4.78, 5) is 27.9. The average Bonchev–Trinajstić information content (AvgIpc) is 2.95. The molecule has 2 rings (SSSR count). The molecule has 30 heavy (non-hydrogen) atoms. The molecule has 0 radical (unpaired) electrons. The van der Waals surface area contributed by atoms with Crippen molar-refractivity contribution in [3.63, 3.8) is 0 Å². The maximum absolute atomic E-state index is 12.7. The number of H-pyrrole nitrogens is 1. The molecule has 0 fully saturated rings. The van der Waals surface area contributed by atoms with E-state index in [1.807, 2.05) is 0 Å². The topological polar surface area (TPSA) is 127 Å². The third-order valence-electron chi connectivity index (χ3n) is 4.20. The molecule has 0 atom stereocenters. The fraction of sp³-hybridized carbons (Fsp3) is 0.400. The highest BCUT2D eigenvalue weighted by molar-refractivity contribution is 7.89. The number of aryl methyl sites for hydroxylation is 1. The molecule has 1 heterocycles. The number of aromatic nitrogens is 1. The third-order valence-corrected chi connectivity index (χ3v) is 5.88. The Morgan fingerprint density at radius 2 is 1.73 bits per heavy atom. The number of carbonyl (C=O) groups excluding carboxylic acids is 2. The number of amides is 1. The van der Waals surface area contributed by atoms with Crippen LogP contribution in [0.1, 0.15) is 46.0 Å². The lowest BCUT2D eigenvalue weighted by Crippen LogP contribution is -2.30. The van der Waals surface area contributed by atoms with E-state index in [4.69, 9.17) is 9.47 Å². The first-order valence-corrected chi connectivity index (χ1v) is 10.8. The van der Waals surface area contributed by atoms with Crippen LogP contribution in [0.15, 0.2) is 29.2 Å². The molecule has 0 spiro atoms. The Labute approximate surface area is 176 Å². The molecule has 0 aliphatic carbocycles. The Morgan fingerprint density at radius 1 is 1.10 bits per heavy atom. The van der Waals surface area contributed by atoms with Gasteiger partial charge < -0.3 is 19.8 Å². The number of esters is 1. The minimum absolute atomic E-state index is 0.0992. The monoisotopic (exact) mass is 437 g/mol. The molecule has 0 saturated heterocycles. The van der Waals surface area contributed by atoms with E-state index in [2.05, 4.69) is 15.0 Å². The van der Waals surface area contributed by atoms with Gasteiger partial charge in [-0.15, -0.1) is 0 Å². The Morgan fingerprint density at radius 3 is 2.30 bits per heavy atom. The summed E-state index contributed by atoms with van der Waals surface area (Å²) in [7, 11) is -2.11. The van der Waals surface area contributed by atoms with Crippen LogP contribution in [-0.2, 0) is 19.5 Å². The molecule has 1 amide bonds. The van der Waals surface area contributed by atoms with E-state index in [-0.39, 0.29) is 29.8 Å². The van der Waals surface area contributed by atoms with Gasteiger partial charge in [0.15, 0.2) is 0 Å². The lowest BCUT2D eigenvalue weighted by molar-refractivity contribution is 0.0386. The molecule has 0 aliphatic heterocycles. The molecule has 0 bridgehead atoms. The number of methoxy groups -OCH3 is 1. The zero-order chi connectivity index (χ0) is 22.5. The maximum Gasteiger partial charge on any atom is 0.340 e. The molecule has 1 aromatic heterocycles. The molecule has 10 heteroatoms. The SMILES string of the molecule is COCCOC(=O)c1c(C)[nH]c(C(=O)Nc2ccc(S(=O)(=O)NC(C)C)cc2)c1C. The van der Waals surface area contributed by atoms with Crippen molar-refractivity contribution in [2.24, 2.45) is 0 Å². The van der Waals surface area contributed by atoms with Gasteiger partial charge >= 0.3 is 5.97 Å². The second-order valence-electron chi connectivity index (χ2n) is 7.01. The number of nitrogens with one attached hydrogen (secondary N) is 3. The molecule has 9 nitrogen and oxygen atoms in total. The number of ether oxygens (including phenoxy) is 2. The molecular formula is C20H27N3O6S. The molecule has 1 aromatic carbocycles. The van der Waals surface area contributed by atoms with Crippen LogP contribution < -0.4 is 10.0 Å². The van der Waals surface area contributed by atoms with Crippen LogP contribution in [0.25, 0.3) is 0 Å². The van der Waals surface area contributed by atoms with Crippen LogP contribution >= 0.6 is 0 Å². The highest BCUT2D eigenvalue weighted by Crippen LogP contribution is 2.21. The summed E-state index contributed by atoms with van der Waals surface area (Å²) >= 11 is 0. The first-order valence-electron chi connectivity index (χ1n) is 9.35. The minimum atomic E-state index is -3.61. The zero-order valence-corrected chi connectivity index (χ0v) is 18.5. The number of sulfonamides is 1. The average molecular weight is 438 g/mol. The van der Waals surface area contributed by atoms with Crippen molar-refractivity contribution in [3.05, 3.63) is 46.8 Å². The molecule has 2 aromatic rings. The first kappa shape index (κ1) is 23.6. The zero-order valence-electron chi connectivity index (χ0n) is 17.7. The number of rotatable bonds is 9. The summed E-state index contributed by atoms with van der Waals surface area (Å²) in [6, 6.07) is 5.58. The van der Waals surface area contributed by atoms with Crippen LogP contribution in [0.4, 0.5) is 5.69 Å². The number of benzene rings is 1. The maximum atomic E-state index is 12.7. The van der Waals surface area contributed by atoms with Crippen molar-refractivity contribution in [2.45, 2.75) is 38.6 Å². The Kier molecular flexibility index (Phi) is 7.77. The number of anilines is 1. The summed E-state index contributed by atoms with van der Waals surface area (Å²) in [5.41, 5.74) is 1.93. The molecule has 0 aliphatic rings. The Balaban J connectivity index is 2.15. The van der Waals surface area contributed by atoms with Crippen LogP contribution in [0.3, 0.4) is 0 Å². The van der Waals surface area contributed by atoms with E-state index in [1.54, 1.807) is 27.7 Å². The number of carbonyl (C=O) groups is 2. The number of hydrogen-bond acceptors (Lipinski definition) is 6. The van der Waals surface area contributed by atoms with Crippen molar-refractivity contribution < 1.29 is 27.5 Å². The summed E-state index contributed by atoms with van der Waals surface area (Å²) in [5.74, 6) is -0.994. The van der Waals surface area contributed by atoms with Crippen molar-refractivity contribution in [1.82, 2.24) is 9.71 Å². The van der Waals surface area contributed by atoms with Gasteiger partial charge in [0.2, 0.25) is 10.0 Å². The summed E-state index contributed by atoms with van der Waals surface area (Å²) in [5, 5.41) is 2.69. The molecular weight excluding hydrogens is 410 g/mol. The largest absolute Gasteiger partial charge is 0.460 e. The van der Waals surface area contributed by atoms with Gasteiger partial charge in [-0.3, -0.25) is 4.79 Å². The van der Waals surface area contributed by atoms with E-state index in [0.717, 1.165) is 0 Å². The smallest absolute Gasteiger partial charge is 0.340 e. The standard InChI is InChI=1S/C20H27N3O6S/c1-12(2)23-30(26,27)16-8-6-15(7-9-16)22-19(24)18-13(3)17(14(4)21-18)20(25)29-11-10-28-5/h6-9,12,21,23H,10-11H2,1-5H3,(H,22,24). The number of hydrogen-bond donors (Lipinski definition) is 3. The van der Waals surface area contributed by atoms with Crippen LogP contribution in [0, 0.1) is 13.8 Å². The summed E-state index contributed by atoms with van der Waals surface area (Å²) in [6.07, 6.45) is 0. The van der Waals surface area contributed by atoms with E-state index in [9.17, 15) is 18.0 Å². The van der Waals surface area contributed by atoms with Gasteiger partial charge in [-0.1, -0.05) is 0 Å². The highest BCUT2D eigenvalue weighted by atomic mass is 32.2. The lowest BCUT2D eigenvalue weighted by atomic mass is 10.1. The number of aromatic amines is 1. The van der Waals surface area contributed by atoms with Gasteiger partial charge in [0.05, 0.1) is 17.1 Å². The lowest BCUT2D eigenvalue weighted by Gasteiger charge is -2.10. The van der Waals surface area contributed by atoms with Crippen LogP contribution in [-0.4, -0.2) is 51.6 Å². The Hall–Kier alpha value is -2.69. The molecule has 0 saturated carbocycles. The third kappa shape index (κ3) is 5.68. The molecule has 164 valence electrons. The summed E-state index contributed by atoms with van der Waals surface area (Å²) < 4.78 is 36.9. The second kappa shape index (κ2) is 9.88. The summed E-state index contributed by atoms with van der Waals surface area (Å²) in [6.45, 7) is 7.18. The molecule has 0 unspecified atom stereocenters. The normalized spacial score (nSPS) is 11.5. The van der Waals surface area contributed by atoms with Crippen LogP contribution in [0.2, 0.25) is 0 Å². The quantitative estimate of drug-likeness (QED) is 0.408. The fourth-order valence-electron chi connectivity index (χ4n) is 2.86. The second-order valence-corrected chi connectivity index (χ2v) is 8.72. The van der Waals surface area contributed by atoms with E-state index < -0.39 is 21.9 Å². The van der Waals surface area contributed by atoms with Crippen LogP contribution in [0.5, 0.6) is 0 Å². The predicted octanol–water partition coefficient (Wildman–Crippen LogP) is 2.37. The molecule has 3 N–H and O–H groups in total. The van der Waals surface area contributed by atoms with E-state index in [0.29, 0.717) is 22.5 Å². The van der Waals surface area contributed by atoms with Gasteiger partial charge in [-0.05, 0) is 57.5 Å². The predicted molar refractivity (Wildman–Crippen MR) is 112 cm³/mol. The highest BCUT2D eigenvalue weighted by Gasteiger charge is 2.23. The van der Waals surface area contributed by atoms with Crippen molar-refractivity contribution in [3.8, 4) is 0 Å². The van der Waals surface area contributed by atoms with Gasteiger partial charge in [-0.2, -0.15) is 0 Å². The van der Waals surface area contributed by atoms with Gasteiger partial charge in [0.25, 0.3) is 5.91 Å². The van der Waals surface area contributed by atoms with Crippen molar-refractivity contribution >= 4 is 27.6 Å². The van der Waals surface area contributed by atoms with Gasteiger partial charge in [0.1, 0.15) is 12.3 Å². The first-order chi connectivity index (χ1) is 14.1. The van der Waals surface area contributed by atoms with E-state index >= 15 is 0 Å². The van der Waals surface area contributed by atoms with Gasteiger partial charge in [0, 0.05) is 24.5 Å². The van der Waals surface area contributed by atoms with Gasteiger partial charge in [-0.25, -0.2) is 17.9 Å². The van der Waals surface area contributed by atoms with Crippen molar-refractivity contribution in [2.75, 3.05) is 25.6 Å². The van der Waals surface area contributed by atoms with Crippen molar-refractivity contribution in [1.29, 1.82) is 0 Å². The minimum Gasteiger partial charge on any atom is -0.460 e. The fourth-order valence-corrected chi connectivity index (χ4v) is 4.11. The Bertz CT molecular complexity index is 1010.